The van der Waals surface area contributed by atoms with Crippen LogP contribution >= 0.6 is 7.26 Å². The van der Waals surface area contributed by atoms with Crippen molar-refractivity contribution in [1.29, 1.82) is 0 Å². The van der Waals surface area contributed by atoms with Gasteiger partial charge < -0.3 is 0 Å². The molecule has 0 aromatic carbocycles. The van der Waals surface area contributed by atoms with Gasteiger partial charge in [-0.3, -0.25) is 0 Å². The van der Waals surface area contributed by atoms with E-state index in [-0.39, 0.29) is 0 Å². The van der Waals surface area contributed by atoms with Gasteiger partial charge >= 0.3 is 302 Å². The van der Waals surface area contributed by atoms with Crippen molar-refractivity contribution in [2.24, 2.45) is 0 Å². The summed E-state index contributed by atoms with van der Waals surface area (Å²) in [6, 6.07) is 0. The predicted octanol–water partition coefficient (Wildman–Crippen LogP) is 21.2. The Labute approximate surface area is 360 Å². The van der Waals surface area contributed by atoms with Gasteiger partial charge in [-0.15, -0.1) is 0 Å². The van der Waals surface area contributed by atoms with E-state index in [1.807, 2.05) is 0 Å². The summed E-state index contributed by atoms with van der Waals surface area (Å²) >= 11 is 0. The minimum atomic E-state index is -1.18. The Morgan fingerprint density at radius 2 is 0.250 bits per heavy atom. The van der Waals surface area contributed by atoms with Crippen LogP contribution < -0.4 is 0 Å². The smallest absolute Gasteiger partial charge is 0.0654 e. The summed E-state index contributed by atoms with van der Waals surface area (Å²) < 4.78 is 0. The van der Waals surface area contributed by atoms with Crippen molar-refractivity contribution in [3.05, 3.63) is 0 Å². The Kier molecular flexibility index (Phi) is 50.2. The van der Waals surface area contributed by atoms with E-state index in [1.165, 1.54) is 257 Å². The fourth-order valence-corrected chi connectivity index (χ4v) is 15.4. The van der Waals surface area contributed by atoms with E-state index >= 15 is 0 Å². The molecule has 0 amide bonds. The van der Waals surface area contributed by atoms with Crippen LogP contribution in [0.25, 0.3) is 0 Å². The molecule has 0 atom stereocenters. The van der Waals surface area contributed by atoms with E-state index < -0.39 is 7.26 Å². The molecule has 0 heterocycles. The summed E-state index contributed by atoms with van der Waals surface area (Å²) in [6.07, 6.45) is 77.0. The molecule has 0 aromatic heterocycles. The van der Waals surface area contributed by atoms with Gasteiger partial charge in [0, 0.05) is 0 Å². The molecule has 0 aliphatic heterocycles. The summed E-state index contributed by atoms with van der Waals surface area (Å²) in [7, 11) is -1.18. The molecule has 0 saturated carbocycles. The topological polar surface area (TPSA) is 0 Å². The first-order valence-electron chi connectivity index (χ1n) is 27.7. The normalized spacial score (nSPS) is 12.3. The van der Waals surface area contributed by atoms with E-state index in [2.05, 4.69) is 27.7 Å². The van der Waals surface area contributed by atoms with Gasteiger partial charge in [0.05, 0.1) is 0 Å². The maximum absolute atomic E-state index is 2.36. The van der Waals surface area contributed by atoms with Crippen LogP contribution in [0.4, 0.5) is 0 Å². The van der Waals surface area contributed by atoms with Crippen LogP contribution in [0, 0.1) is 0 Å². The Balaban J connectivity index is 4.83. The molecule has 340 valence electrons. The summed E-state index contributed by atoms with van der Waals surface area (Å²) in [5.41, 5.74) is 0. The molecule has 0 fully saturated rings. The van der Waals surface area contributed by atoms with Crippen LogP contribution in [0.3, 0.4) is 0 Å². The molecule has 0 aliphatic rings. The second kappa shape index (κ2) is 49.8. The van der Waals surface area contributed by atoms with Gasteiger partial charge in [0.1, 0.15) is 0 Å². The summed E-state index contributed by atoms with van der Waals surface area (Å²) in [4.78, 5) is 0. The van der Waals surface area contributed by atoms with E-state index in [0.717, 1.165) is 0 Å². The number of hydrogen-bond donors (Lipinski definition) is 0. The third kappa shape index (κ3) is 44.0. The summed E-state index contributed by atoms with van der Waals surface area (Å²) in [5.74, 6) is 0. The first-order valence-corrected chi connectivity index (χ1v) is 30.6. The molecule has 1 heteroatoms. The maximum atomic E-state index is 2.36. The molecule has 0 spiro atoms. The van der Waals surface area contributed by atoms with Gasteiger partial charge in [-0.2, -0.15) is 0 Å². The zero-order valence-electron chi connectivity index (χ0n) is 40.6. The zero-order valence-corrected chi connectivity index (χ0v) is 41.6. The quantitative estimate of drug-likeness (QED) is 0.0424. The number of hydrogen-bond acceptors (Lipinski definition) is 0. The number of rotatable bonds is 51. The molecule has 0 aliphatic carbocycles. The molecule has 56 heavy (non-hydrogen) atoms. The van der Waals surface area contributed by atoms with Crippen molar-refractivity contribution in [1.82, 2.24) is 0 Å². The van der Waals surface area contributed by atoms with Crippen molar-refractivity contribution in [2.75, 3.05) is 24.6 Å². The molecular weight excluding hydrogens is 692 g/mol. The van der Waals surface area contributed by atoms with Crippen LogP contribution in [0.2, 0.25) is 0 Å². The third-order valence-corrected chi connectivity index (χ3v) is 19.6. The second-order valence-corrected chi connectivity index (χ2v) is 24.7. The molecule has 0 bridgehead atoms. The summed E-state index contributed by atoms with van der Waals surface area (Å²) in [6.45, 7) is 9.36. The molecule has 0 unspecified atom stereocenters. The standard InChI is InChI=1S/C55H115P/c1-5-9-13-17-21-25-28-31-34-37-41-45-49-53-56(52-48-44-40-24-20-16-12-8-4,54-50-46-42-38-35-32-29-26-22-18-14-10-6-2)55-51-47-43-39-36-33-30-27-23-19-15-11-7-3/h56H,5-55H2,1-4H3. The van der Waals surface area contributed by atoms with E-state index in [0.29, 0.717) is 0 Å². The van der Waals surface area contributed by atoms with E-state index in [1.54, 1.807) is 69.6 Å². The number of unbranched alkanes of at least 4 members (excludes halogenated alkanes) is 43. The van der Waals surface area contributed by atoms with E-state index in [4.69, 9.17) is 0 Å². The van der Waals surface area contributed by atoms with Gasteiger partial charge in [0.25, 0.3) is 0 Å². The first kappa shape index (κ1) is 56.4. The van der Waals surface area contributed by atoms with Crippen molar-refractivity contribution in [2.45, 2.75) is 329 Å². The molecule has 0 radical (unpaired) electrons. The Morgan fingerprint density at radius 1 is 0.143 bits per heavy atom. The van der Waals surface area contributed by atoms with Crippen molar-refractivity contribution in [3.63, 3.8) is 0 Å². The van der Waals surface area contributed by atoms with Crippen LogP contribution in [0.5, 0.6) is 0 Å². The fourth-order valence-electron chi connectivity index (χ4n) is 9.94. The van der Waals surface area contributed by atoms with Gasteiger partial charge in [-0.25, -0.2) is 0 Å². The van der Waals surface area contributed by atoms with Crippen molar-refractivity contribution < 1.29 is 0 Å². The van der Waals surface area contributed by atoms with E-state index in [9.17, 15) is 0 Å². The van der Waals surface area contributed by atoms with Crippen molar-refractivity contribution >= 4 is 7.26 Å². The molecule has 0 nitrogen and oxygen atoms in total. The average Bonchev–Trinajstić information content (AvgIpc) is 3.21. The monoisotopic (exact) mass is 807 g/mol. The van der Waals surface area contributed by atoms with Crippen LogP contribution in [-0.4, -0.2) is 24.6 Å². The Morgan fingerprint density at radius 3 is 0.375 bits per heavy atom. The van der Waals surface area contributed by atoms with Gasteiger partial charge in [0.2, 0.25) is 0 Å². The Hall–Kier alpha value is 0.430. The fraction of sp³-hybridized carbons (Fsp3) is 1.00. The minimum Gasteiger partial charge on any atom is -0.0654 e. The van der Waals surface area contributed by atoms with Crippen LogP contribution in [-0.2, 0) is 0 Å². The average molecular weight is 807 g/mol. The molecule has 0 aromatic rings. The molecule has 0 N–H and O–H groups in total. The molecule has 0 rings (SSSR count). The van der Waals surface area contributed by atoms with Gasteiger partial charge in [-0.1, -0.05) is 59.3 Å². The Bertz CT molecular complexity index is 596. The second-order valence-electron chi connectivity index (χ2n) is 19.7. The van der Waals surface area contributed by atoms with Gasteiger partial charge in [0.15, 0.2) is 0 Å². The SMILES string of the molecule is CCCCCCCCCCCCCCC[PH](CCCCCCCCCC)(CCCCCCCCCCCCCCC)CCCCCCCCCCCCCCC. The van der Waals surface area contributed by atoms with Crippen molar-refractivity contribution in [3.8, 4) is 0 Å². The van der Waals surface area contributed by atoms with Gasteiger partial charge in [-0.05, 0) is 0 Å². The predicted molar refractivity (Wildman–Crippen MR) is 267 cm³/mol. The minimum absolute atomic E-state index is 1.18. The molecule has 0 saturated heterocycles. The molecular formula is C55H115P. The first-order chi connectivity index (χ1) is 27.7. The van der Waals surface area contributed by atoms with Crippen LogP contribution in [0.1, 0.15) is 329 Å². The third-order valence-electron chi connectivity index (χ3n) is 14.0. The summed E-state index contributed by atoms with van der Waals surface area (Å²) in [5, 5.41) is 0. The van der Waals surface area contributed by atoms with Crippen LogP contribution in [0.15, 0.2) is 0 Å². The zero-order chi connectivity index (χ0) is 40.6.